The minimum atomic E-state index is -1.31. The minimum Gasteiger partial charge on any atom is -0.486 e. The molecule has 1 aromatic heterocycles. The van der Waals surface area contributed by atoms with Gasteiger partial charge in [-0.15, -0.1) is 0 Å². The summed E-state index contributed by atoms with van der Waals surface area (Å²) in [6.07, 6.45) is 4.38. The molecular formula is C18H21FN2O4. The van der Waals surface area contributed by atoms with Gasteiger partial charge in [0.15, 0.2) is 11.6 Å². The fraction of sp³-hybridized carbons (Fsp3) is 0.444. The van der Waals surface area contributed by atoms with Gasteiger partial charge in [-0.05, 0) is 25.3 Å². The third kappa shape index (κ3) is 3.37. The Morgan fingerprint density at radius 2 is 2.20 bits per heavy atom. The van der Waals surface area contributed by atoms with Crippen LogP contribution >= 0.6 is 0 Å². The van der Waals surface area contributed by atoms with Crippen molar-refractivity contribution in [3.8, 4) is 5.75 Å². The fourth-order valence-electron chi connectivity index (χ4n) is 2.97. The summed E-state index contributed by atoms with van der Waals surface area (Å²) in [5.74, 6) is -1.97. The average molecular weight is 348 g/mol. The molecule has 3 N–H and O–H groups in total. The van der Waals surface area contributed by atoms with E-state index in [0.29, 0.717) is 11.9 Å². The molecule has 0 bridgehead atoms. The van der Waals surface area contributed by atoms with Crippen molar-refractivity contribution in [3.05, 3.63) is 39.9 Å². The normalized spacial score (nSPS) is 15.3. The number of carboxylic acids is 1. The van der Waals surface area contributed by atoms with Gasteiger partial charge in [0, 0.05) is 30.2 Å². The molecule has 1 unspecified atom stereocenters. The van der Waals surface area contributed by atoms with E-state index in [1.165, 1.54) is 12.3 Å². The number of benzene rings is 1. The molecule has 0 radical (unpaired) electrons. The predicted molar refractivity (Wildman–Crippen MR) is 91.8 cm³/mol. The number of aromatic nitrogens is 1. The number of pyridine rings is 1. The zero-order valence-corrected chi connectivity index (χ0v) is 14.0. The van der Waals surface area contributed by atoms with Crippen molar-refractivity contribution < 1.29 is 19.0 Å². The molecule has 0 saturated heterocycles. The summed E-state index contributed by atoms with van der Waals surface area (Å²) in [4.78, 5) is 23.7. The summed E-state index contributed by atoms with van der Waals surface area (Å²) in [7, 11) is 0. The number of rotatable bonds is 7. The zero-order chi connectivity index (χ0) is 18.1. The average Bonchev–Trinajstić information content (AvgIpc) is 3.40. The maximum absolute atomic E-state index is 14.5. The second-order valence-corrected chi connectivity index (χ2v) is 6.38. The van der Waals surface area contributed by atoms with Gasteiger partial charge >= 0.3 is 5.97 Å². The molecule has 7 heteroatoms. The highest BCUT2D eigenvalue weighted by Gasteiger charge is 2.27. The van der Waals surface area contributed by atoms with Gasteiger partial charge in [-0.25, -0.2) is 9.18 Å². The molecule has 0 spiro atoms. The van der Waals surface area contributed by atoms with E-state index in [0.717, 1.165) is 25.3 Å². The predicted octanol–water partition coefficient (Wildman–Crippen LogP) is 2.68. The minimum absolute atomic E-state index is 0.0354. The number of fused-ring (bicyclic) bond motifs is 1. The van der Waals surface area contributed by atoms with Crippen LogP contribution in [0.2, 0.25) is 0 Å². The molecule has 3 rings (SSSR count). The lowest BCUT2D eigenvalue weighted by molar-refractivity contribution is 0.0695. The van der Waals surface area contributed by atoms with Crippen LogP contribution in [0.25, 0.3) is 10.9 Å². The van der Waals surface area contributed by atoms with Crippen molar-refractivity contribution in [1.82, 2.24) is 4.57 Å². The van der Waals surface area contributed by atoms with Crippen molar-refractivity contribution in [2.45, 2.75) is 44.8 Å². The summed E-state index contributed by atoms with van der Waals surface area (Å²) in [6, 6.07) is 2.67. The second-order valence-electron chi connectivity index (χ2n) is 6.38. The monoisotopic (exact) mass is 348 g/mol. The van der Waals surface area contributed by atoms with Gasteiger partial charge in [-0.1, -0.05) is 13.3 Å². The Balaban J connectivity index is 2.15. The molecule has 134 valence electrons. The maximum atomic E-state index is 14.5. The van der Waals surface area contributed by atoms with Gasteiger partial charge in [0.2, 0.25) is 5.43 Å². The number of carbonyl (C=O) groups is 1. The van der Waals surface area contributed by atoms with Gasteiger partial charge < -0.3 is 20.1 Å². The molecule has 25 heavy (non-hydrogen) atoms. The van der Waals surface area contributed by atoms with E-state index >= 15 is 0 Å². The van der Waals surface area contributed by atoms with Crippen LogP contribution in [0, 0.1) is 5.82 Å². The van der Waals surface area contributed by atoms with E-state index in [9.17, 15) is 19.1 Å². The highest BCUT2D eigenvalue weighted by molar-refractivity contribution is 5.93. The lowest BCUT2D eigenvalue weighted by Crippen LogP contribution is -2.27. The lowest BCUT2D eigenvalue weighted by atomic mass is 10.1. The largest absolute Gasteiger partial charge is 0.486 e. The Kier molecular flexibility index (Phi) is 4.76. The number of ether oxygens (including phenoxy) is 1. The maximum Gasteiger partial charge on any atom is 0.341 e. The zero-order valence-electron chi connectivity index (χ0n) is 14.0. The SMILES string of the molecule is CCCC(CN)Oc1cc2c(cc1F)c(=O)c(C(=O)O)cn2C1CC1. The molecule has 1 heterocycles. The van der Waals surface area contributed by atoms with Crippen LogP contribution < -0.4 is 15.9 Å². The van der Waals surface area contributed by atoms with Crippen molar-refractivity contribution in [1.29, 1.82) is 0 Å². The smallest absolute Gasteiger partial charge is 0.341 e. The molecule has 1 atom stereocenters. The molecule has 1 aromatic carbocycles. The topological polar surface area (TPSA) is 94.6 Å². The summed E-state index contributed by atoms with van der Waals surface area (Å²) in [5.41, 5.74) is 5.12. The number of aromatic carboxylic acids is 1. The van der Waals surface area contributed by atoms with Gasteiger partial charge in [-0.2, -0.15) is 0 Å². The molecular weight excluding hydrogens is 327 g/mol. The molecule has 1 saturated carbocycles. The standard InChI is InChI=1S/C18H21FN2O4/c1-2-3-11(8-20)25-16-7-15-12(6-14(16)19)17(22)13(18(23)24)9-21(15)10-4-5-10/h6-7,9-11H,2-5,8,20H2,1H3,(H,23,24). The van der Waals surface area contributed by atoms with Crippen molar-refractivity contribution >= 4 is 16.9 Å². The Hall–Kier alpha value is -2.41. The van der Waals surface area contributed by atoms with E-state index < -0.39 is 17.2 Å². The summed E-state index contributed by atoms with van der Waals surface area (Å²) >= 11 is 0. The van der Waals surface area contributed by atoms with E-state index in [2.05, 4.69) is 0 Å². The highest BCUT2D eigenvalue weighted by atomic mass is 19.1. The summed E-state index contributed by atoms with van der Waals surface area (Å²) in [6.45, 7) is 2.25. The first-order valence-corrected chi connectivity index (χ1v) is 8.44. The van der Waals surface area contributed by atoms with Gasteiger partial charge in [0.25, 0.3) is 0 Å². The van der Waals surface area contributed by atoms with E-state index in [-0.39, 0.29) is 35.4 Å². The van der Waals surface area contributed by atoms with Crippen LogP contribution in [0.15, 0.2) is 23.1 Å². The first-order chi connectivity index (χ1) is 12.0. The number of carboxylic acid groups (broad SMARTS) is 1. The number of hydrogen-bond acceptors (Lipinski definition) is 4. The van der Waals surface area contributed by atoms with E-state index in [1.807, 2.05) is 6.92 Å². The van der Waals surface area contributed by atoms with Gasteiger partial charge in [-0.3, -0.25) is 4.79 Å². The van der Waals surface area contributed by atoms with Crippen LogP contribution in [0.4, 0.5) is 4.39 Å². The molecule has 2 aromatic rings. The van der Waals surface area contributed by atoms with E-state index in [1.54, 1.807) is 4.57 Å². The van der Waals surface area contributed by atoms with Crippen LogP contribution in [-0.4, -0.2) is 28.3 Å². The number of halogens is 1. The summed E-state index contributed by atoms with van der Waals surface area (Å²) < 4.78 is 21.9. The molecule has 0 amide bonds. The van der Waals surface area contributed by atoms with E-state index in [4.69, 9.17) is 10.5 Å². The van der Waals surface area contributed by atoms with Gasteiger partial charge in [0.05, 0.1) is 5.52 Å². The van der Waals surface area contributed by atoms with Crippen molar-refractivity contribution in [2.75, 3.05) is 6.54 Å². The Bertz CT molecular complexity index is 873. The molecule has 1 fully saturated rings. The number of hydrogen-bond donors (Lipinski definition) is 2. The van der Waals surface area contributed by atoms with Crippen LogP contribution in [-0.2, 0) is 0 Å². The molecule has 0 aliphatic heterocycles. The highest BCUT2D eigenvalue weighted by Crippen LogP contribution is 2.38. The lowest BCUT2D eigenvalue weighted by Gasteiger charge is -2.19. The third-order valence-electron chi connectivity index (χ3n) is 4.42. The number of nitrogens with zero attached hydrogens (tertiary/aromatic N) is 1. The van der Waals surface area contributed by atoms with Crippen LogP contribution in [0.5, 0.6) is 5.75 Å². The molecule has 1 aliphatic rings. The molecule has 6 nitrogen and oxygen atoms in total. The Labute approximate surface area is 144 Å². The quantitative estimate of drug-likeness (QED) is 0.802. The van der Waals surface area contributed by atoms with Crippen molar-refractivity contribution in [2.24, 2.45) is 5.73 Å². The summed E-state index contributed by atoms with van der Waals surface area (Å²) in [5, 5.41) is 9.29. The van der Waals surface area contributed by atoms with Crippen LogP contribution in [0.1, 0.15) is 49.0 Å². The Morgan fingerprint density at radius 3 is 2.76 bits per heavy atom. The first kappa shape index (κ1) is 17.4. The van der Waals surface area contributed by atoms with Gasteiger partial charge in [0.1, 0.15) is 11.7 Å². The third-order valence-corrected chi connectivity index (χ3v) is 4.42. The van der Waals surface area contributed by atoms with Crippen LogP contribution in [0.3, 0.4) is 0 Å². The fourth-order valence-corrected chi connectivity index (χ4v) is 2.97. The second kappa shape index (κ2) is 6.84. The molecule has 1 aliphatic carbocycles. The first-order valence-electron chi connectivity index (χ1n) is 8.44. The number of nitrogens with two attached hydrogens (primary N) is 1. The van der Waals surface area contributed by atoms with Crippen molar-refractivity contribution in [3.63, 3.8) is 0 Å². The Morgan fingerprint density at radius 1 is 1.48 bits per heavy atom.